The van der Waals surface area contributed by atoms with Crippen molar-refractivity contribution in [3.05, 3.63) is 0 Å². The number of nitrogens with one attached hydrogen (secondary N) is 1. The van der Waals surface area contributed by atoms with E-state index in [1.807, 2.05) is 0 Å². The van der Waals surface area contributed by atoms with Gasteiger partial charge in [-0.3, -0.25) is 0 Å². The fraction of sp³-hybridized carbons (Fsp3) is 0.833. The molecule has 0 unspecified atom stereocenters. The molecule has 1 aliphatic heterocycles. The fourth-order valence-electron chi connectivity index (χ4n) is 2.03. The lowest BCUT2D eigenvalue weighted by Crippen LogP contribution is -2.48. The number of hydrogen-bond donors (Lipinski definition) is 2. The van der Waals surface area contributed by atoms with Crippen molar-refractivity contribution >= 4 is 12.0 Å². The van der Waals surface area contributed by atoms with E-state index in [0.29, 0.717) is 6.42 Å². The van der Waals surface area contributed by atoms with Crippen molar-refractivity contribution in [1.82, 2.24) is 10.2 Å². The molecule has 0 radical (unpaired) electrons. The summed E-state index contributed by atoms with van der Waals surface area (Å²) in [4.78, 5) is 24.5. The molecule has 1 rings (SSSR count). The fourth-order valence-corrected chi connectivity index (χ4v) is 2.03. The van der Waals surface area contributed by atoms with E-state index in [0.717, 1.165) is 38.8 Å². The average molecular weight is 242 g/mol. The van der Waals surface area contributed by atoms with E-state index in [1.54, 1.807) is 11.8 Å². The number of carbonyl (C=O) groups excluding carboxylic acids is 1. The normalized spacial score (nSPS) is 19.0. The zero-order valence-electron chi connectivity index (χ0n) is 10.4. The van der Waals surface area contributed by atoms with Gasteiger partial charge in [-0.15, -0.1) is 0 Å². The summed E-state index contributed by atoms with van der Waals surface area (Å²) in [5.41, 5.74) is 0. The summed E-state index contributed by atoms with van der Waals surface area (Å²) in [5.74, 6) is -0.965. The Bertz CT molecular complexity index is 260. The van der Waals surface area contributed by atoms with E-state index in [9.17, 15) is 9.59 Å². The third-order valence-corrected chi connectivity index (χ3v) is 3.15. The van der Waals surface area contributed by atoms with Gasteiger partial charge in [0.15, 0.2) is 0 Å². The molecule has 1 fully saturated rings. The van der Waals surface area contributed by atoms with Crippen LogP contribution < -0.4 is 5.32 Å². The molecule has 0 aromatic rings. The minimum atomic E-state index is -0.965. The van der Waals surface area contributed by atoms with Crippen molar-refractivity contribution in [1.29, 1.82) is 0 Å². The number of carboxylic acid groups (broad SMARTS) is 1. The number of hydrogen-bond acceptors (Lipinski definition) is 2. The monoisotopic (exact) mass is 242 g/mol. The topological polar surface area (TPSA) is 69.6 Å². The number of aliphatic carboxylic acids is 1. The second-order valence-electron chi connectivity index (χ2n) is 4.50. The number of likely N-dealkylation sites (tertiary alicyclic amines) is 1. The standard InChI is InChI=1S/C12H22N2O3/c1-2-10(11(15)16)13-12(17)14-8-6-4-3-5-7-9-14/h10H,2-9H2,1H3,(H,13,17)(H,15,16)/t10-/m1/s1. The van der Waals surface area contributed by atoms with E-state index in [1.165, 1.54) is 6.42 Å². The Morgan fingerprint density at radius 2 is 1.71 bits per heavy atom. The SMILES string of the molecule is CC[C@@H](NC(=O)N1CCCCCCC1)C(=O)O. The van der Waals surface area contributed by atoms with Crippen LogP contribution in [0.5, 0.6) is 0 Å². The van der Waals surface area contributed by atoms with E-state index >= 15 is 0 Å². The van der Waals surface area contributed by atoms with Gasteiger partial charge < -0.3 is 15.3 Å². The first-order valence-corrected chi connectivity index (χ1v) is 6.43. The van der Waals surface area contributed by atoms with Crippen LogP contribution in [0.1, 0.15) is 45.4 Å². The molecule has 1 saturated heterocycles. The van der Waals surface area contributed by atoms with E-state index in [4.69, 9.17) is 5.11 Å². The van der Waals surface area contributed by atoms with Crippen LogP contribution in [0.2, 0.25) is 0 Å². The first-order chi connectivity index (χ1) is 8.15. The number of carboxylic acids is 1. The number of rotatable bonds is 3. The van der Waals surface area contributed by atoms with E-state index in [2.05, 4.69) is 5.32 Å². The molecule has 1 heterocycles. The molecule has 98 valence electrons. The Balaban J connectivity index is 2.46. The molecule has 2 N–H and O–H groups in total. The van der Waals surface area contributed by atoms with Crippen molar-refractivity contribution in [3.63, 3.8) is 0 Å². The van der Waals surface area contributed by atoms with Crippen molar-refractivity contribution < 1.29 is 14.7 Å². The van der Waals surface area contributed by atoms with Crippen molar-refractivity contribution in [2.75, 3.05) is 13.1 Å². The Morgan fingerprint density at radius 3 is 2.18 bits per heavy atom. The minimum Gasteiger partial charge on any atom is -0.480 e. The Labute approximate surface area is 102 Å². The van der Waals surface area contributed by atoms with Crippen LogP contribution >= 0.6 is 0 Å². The van der Waals surface area contributed by atoms with Crippen molar-refractivity contribution in [2.45, 2.75) is 51.5 Å². The molecule has 0 spiro atoms. The summed E-state index contributed by atoms with van der Waals surface area (Å²) in [6.45, 7) is 3.23. The third-order valence-electron chi connectivity index (χ3n) is 3.15. The summed E-state index contributed by atoms with van der Waals surface area (Å²) in [7, 11) is 0. The van der Waals surface area contributed by atoms with E-state index in [-0.39, 0.29) is 6.03 Å². The second kappa shape index (κ2) is 7.14. The smallest absolute Gasteiger partial charge is 0.326 e. The van der Waals surface area contributed by atoms with Crippen LogP contribution in [0, 0.1) is 0 Å². The van der Waals surface area contributed by atoms with Gasteiger partial charge in [-0.25, -0.2) is 9.59 Å². The maximum atomic E-state index is 11.9. The zero-order chi connectivity index (χ0) is 12.7. The molecule has 1 atom stereocenters. The largest absolute Gasteiger partial charge is 0.480 e. The van der Waals surface area contributed by atoms with Crippen LogP contribution in [-0.4, -0.2) is 41.1 Å². The van der Waals surface area contributed by atoms with Gasteiger partial charge in [0.2, 0.25) is 0 Å². The summed E-state index contributed by atoms with van der Waals surface area (Å²) in [6.07, 6.45) is 5.98. The number of carbonyl (C=O) groups is 2. The lowest BCUT2D eigenvalue weighted by atomic mass is 10.1. The van der Waals surface area contributed by atoms with Crippen LogP contribution in [0.4, 0.5) is 4.79 Å². The highest BCUT2D eigenvalue weighted by Crippen LogP contribution is 2.10. The molecular formula is C12H22N2O3. The quantitative estimate of drug-likeness (QED) is 0.793. The first kappa shape index (κ1) is 13.8. The molecule has 1 aliphatic rings. The van der Waals surface area contributed by atoms with Gasteiger partial charge in [-0.2, -0.15) is 0 Å². The van der Waals surface area contributed by atoms with Crippen LogP contribution in [0.15, 0.2) is 0 Å². The maximum Gasteiger partial charge on any atom is 0.326 e. The molecule has 0 saturated carbocycles. The number of urea groups is 1. The molecule has 0 aromatic heterocycles. The number of nitrogens with zero attached hydrogens (tertiary/aromatic N) is 1. The van der Waals surface area contributed by atoms with E-state index < -0.39 is 12.0 Å². The predicted molar refractivity (Wildman–Crippen MR) is 64.9 cm³/mol. The third kappa shape index (κ3) is 4.63. The van der Waals surface area contributed by atoms with Gasteiger partial charge >= 0.3 is 12.0 Å². The predicted octanol–water partition coefficient (Wildman–Crippen LogP) is 1.83. The lowest BCUT2D eigenvalue weighted by Gasteiger charge is -2.26. The van der Waals surface area contributed by atoms with Crippen LogP contribution in [0.3, 0.4) is 0 Å². The van der Waals surface area contributed by atoms with Gasteiger partial charge in [0.1, 0.15) is 6.04 Å². The molecule has 2 amide bonds. The average Bonchev–Trinajstić information content (AvgIpc) is 2.24. The highest BCUT2D eigenvalue weighted by molar-refractivity contribution is 5.82. The summed E-state index contributed by atoms with van der Waals surface area (Å²) in [6, 6.07) is -1.01. The highest BCUT2D eigenvalue weighted by Gasteiger charge is 2.21. The Morgan fingerprint density at radius 1 is 1.18 bits per heavy atom. The van der Waals surface area contributed by atoms with Gasteiger partial charge in [-0.05, 0) is 19.3 Å². The first-order valence-electron chi connectivity index (χ1n) is 6.43. The minimum absolute atomic E-state index is 0.235. The van der Waals surface area contributed by atoms with Gasteiger partial charge in [0.05, 0.1) is 0 Å². The highest BCUT2D eigenvalue weighted by atomic mass is 16.4. The molecule has 17 heavy (non-hydrogen) atoms. The summed E-state index contributed by atoms with van der Waals surface area (Å²) >= 11 is 0. The Hall–Kier alpha value is -1.26. The van der Waals surface area contributed by atoms with Crippen LogP contribution in [-0.2, 0) is 4.79 Å². The van der Waals surface area contributed by atoms with Gasteiger partial charge in [-0.1, -0.05) is 26.2 Å². The lowest BCUT2D eigenvalue weighted by molar-refractivity contribution is -0.139. The Kier molecular flexibility index (Phi) is 5.80. The maximum absolute atomic E-state index is 11.9. The summed E-state index contributed by atoms with van der Waals surface area (Å²) in [5, 5.41) is 11.5. The van der Waals surface area contributed by atoms with Crippen molar-refractivity contribution in [2.24, 2.45) is 0 Å². The molecule has 0 bridgehead atoms. The van der Waals surface area contributed by atoms with Crippen molar-refractivity contribution in [3.8, 4) is 0 Å². The van der Waals surface area contributed by atoms with Gasteiger partial charge in [0, 0.05) is 13.1 Å². The van der Waals surface area contributed by atoms with Crippen LogP contribution in [0.25, 0.3) is 0 Å². The summed E-state index contributed by atoms with van der Waals surface area (Å²) < 4.78 is 0. The molecule has 5 heteroatoms. The molecule has 0 aromatic carbocycles. The molecular weight excluding hydrogens is 220 g/mol. The molecule has 0 aliphatic carbocycles. The zero-order valence-corrected chi connectivity index (χ0v) is 10.4. The molecule has 5 nitrogen and oxygen atoms in total. The number of amides is 2. The second-order valence-corrected chi connectivity index (χ2v) is 4.50. The van der Waals surface area contributed by atoms with Gasteiger partial charge in [0.25, 0.3) is 0 Å².